The Morgan fingerprint density at radius 1 is 0.469 bits per heavy atom. The van der Waals surface area contributed by atoms with Crippen LogP contribution in [0.5, 0.6) is 17.2 Å². The van der Waals surface area contributed by atoms with Crippen LogP contribution in [0.25, 0.3) is 0 Å². The van der Waals surface area contributed by atoms with Crippen molar-refractivity contribution in [3.8, 4) is 17.2 Å². The van der Waals surface area contributed by atoms with E-state index in [2.05, 4.69) is 45.0 Å². The van der Waals surface area contributed by atoms with E-state index >= 15 is 0 Å². The minimum atomic E-state index is -0.706. The highest BCUT2D eigenvalue weighted by Gasteiger charge is 2.58. The van der Waals surface area contributed by atoms with Crippen molar-refractivity contribution >= 4 is 12.3 Å². The Labute approximate surface area is 379 Å². The van der Waals surface area contributed by atoms with Crippen LogP contribution in [0.4, 0.5) is 9.59 Å². The van der Waals surface area contributed by atoms with Gasteiger partial charge in [0.2, 0.25) is 0 Å². The number of hydrogen-bond donors (Lipinski definition) is 2. The summed E-state index contributed by atoms with van der Waals surface area (Å²) in [6.07, 6.45) is 16.9. The van der Waals surface area contributed by atoms with Gasteiger partial charge in [0.05, 0.1) is 12.2 Å². The molecule has 0 heterocycles. The lowest BCUT2D eigenvalue weighted by Gasteiger charge is -2.50. The van der Waals surface area contributed by atoms with Crippen molar-refractivity contribution in [3.63, 3.8) is 0 Å². The Morgan fingerprint density at radius 2 is 0.844 bits per heavy atom. The molecule has 2 N–H and O–H groups in total. The number of aryl methyl sites for hydroxylation is 3. The number of carbonyl (C=O) groups excluding carboxylic acids is 2. The van der Waals surface area contributed by atoms with Gasteiger partial charge in [-0.25, -0.2) is 9.59 Å². The number of carbonyl (C=O) groups is 2. The highest BCUT2D eigenvalue weighted by Crippen LogP contribution is 2.64. The normalized spacial score (nSPS) is 41.0. The number of fused-ring (bicyclic) bond motifs is 15. The van der Waals surface area contributed by atoms with Crippen LogP contribution >= 0.6 is 0 Å². The fourth-order valence-electron chi connectivity index (χ4n) is 17.4. The maximum absolute atomic E-state index is 13.5. The van der Waals surface area contributed by atoms with E-state index in [-0.39, 0.29) is 34.6 Å². The Hall–Kier alpha value is -3.88. The van der Waals surface area contributed by atoms with Crippen LogP contribution in [-0.2, 0) is 24.0 Å². The molecule has 6 fully saturated rings. The van der Waals surface area contributed by atoms with Crippen LogP contribution in [-0.4, -0.2) is 40.8 Å². The van der Waals surface area contributed by atoms with E-state index in [1.54, 1.807) is 0 Å². The van der Waals surface area contributed by atoms with E-state index in [0.29, 0.717) is 70.5 Å². The third-order valence-corrected chi connectivity index (χ3v) is 20.7. The molecule has 0 radical (unpaired) electrons. The van der Waals surface area contributed by atoms with Crippen LogP contribution < -0.4 is 14.2 Å². The molecule has 8 nitrogen and oxygen atoms in total. The third kappa shape index (κ3) is 6.48. The lowest BCUT2D eigenvalue weighted by molar-refractivity contribution is -0.0431. The SMILES string of the molecule is C[C@]12CC[C@@H]3c4ccc(OC(=O)Oc5ccc6c(c5)CCC5C6CC[C@@]6(C)C5CC[C@@H]6O)cc4CC[C@H]3[C@@H]1CC[C@@H]2OC(=O)Oc1ccc2c(c1)CCC1C2CC[C@@]2(C)C1CC[C@@H]2O. The molecular formula is C56H68O8. The second-order valence-electron chi connectivity index (χ2n) is 23.1. The Morgan fingerprint density at radius 3 is 1.28 bits per heavy atom. The van der Waals surface area contributed by atoms with Crippen LogP contribution in [0.3, 0.4) is 0 Å². The molecule has 0 bridgehead atoms. The van der Waals surface area contributed by atoms with Crippen molar-refractivity contribution in [1.29, 1.82) is 0 Å². The molecule has 6 unspecified atom stereocenters. The topological polar surface area (TPSA) is 112 Å². The second kappa shape index (κ2) is 15.3. The predicted octanol–water partition coefficient (Wildman–Crippen LogP) is 12.1. The van der Waals surface area contributed by atoms with Crippen molar-refractivity contribution in [2.45, 2.75) is 172 Å². The first kappa shape index (κ1) is 41.5. The number of hydrogen-bond acceptors (Lipinski definition) is 8. The van der Waals surface area contributed by atoms with E-state index in [1.807, 2.05) is 30.3 Å². The van der Waals surface area contributed by atoms with Crippen LogP contribution in [0.2, 0.25) is 0 Å². The van der Waals surface area contributed by atoms with Gasteiger partial charge in [-0.1, -0.05) is 39.0 Å². The Balaban J connectivity index is 0.655. The van der Waals surface area contributed by atoms with Crippen molar-refractivity contribution in [2.75, 3.05) is 0 Å². The second-order valence-corrected chi connectivity index (χ2v) is 23.1. The maximum Gasteiger partial charge on any atom is 0.519 e. The first-order valence-electron chi connectivity index (χ1n) is 25.4. The van der Waals surface area contributed by atoms with Crippen molar-refractivity contribution in [2.24, 2.45) is 51.8 Å². The van der Waals surface area contributed by atoms with Crippen LogP contribution in [0.15, 0.2) is 54.6 Å². The van der Waals surface area contributed by atoms with Crippen LogP contribution in [0, 0.1) is 51.8 Å². The fourth-order valence-corrected chi connectivity index (χ4v) is 17.4. The van der Waals surface area contributed by atoms with Gasteiger partial charge >= 0.3 is 12.3 Å². The van der Waals surface area contributed by atoms with Gasteiger partial charge in [0.25, 0.3) is 0 Å². The quantitative estimate of drug-likeness (QED) is 0.197. The van der Waals surface area contributed by atoms with Gasteiger partial charge < -0.3 is 29.2 Å². The van der Waals surface area contributed by atoms with E-state index in [9.17, 15) is 19.8 Å². The molecule has 340 valence electrons. The first-order valence-corrected chi connectivity index (χ1v) is 25.4. The van der Waals surface area contributed by atoms with E-state index in [1.165, 1.54) is 33.4 Å². The van der Waals surface area contributed by atoms with E-state index < -0.39 is 12.3 Å². The van der Waals surface area contributed by atoms with Crippen molar-refractivity contribution < 1.29 is 38.7 Å². The largest absolute Gasteiger partial charge is 0.519 e. The molecule has 0 aromatic heterocycles. The van der Waals surface area contributed by atoms with Gasteiger partial charge in [-0.15, -0.1) is 0 Å². The van der Waals surface area contributed by atoms with E-state index in [4.69, 9.17) is 18.9 Å². The highest BCUT2D eigenvalue weighted by atomic mass is 16.7. The third-order valence-electron chi connectivity index (χ3n) is 20.7. The summed E-state index contributed by atoms with van der Waals surface area (Å²) in [4.78, 5) is 26.6. The van der Waals surface area contributed by atoms with Gasteiger partial charge in [-0.3, -0.25) is 0 Å². The summed E-state index contributed by atoms with van der Waals surface area (Å²) < 4.78 is 23.8. The number of ether oxygens (including phenoxy) is 4. The summed E-state index contributed by atoms with van der Waals surface area (Å²) in [7, 11) is 0. The monoisotopic (exact) mass is 868 g/mol. The van der Waals surface area contributed by atoms with Gasteiger partial charge in [-0.05, 0) is 249 Å². The molecule has 9 aliphatic carbocycles. The molecule has 8 heteroatoms. The zero-order chi connectivity index (χ0) is 43.7. The minimum Gasteiger partial charge on any atom is -0.430 e. The lowest BCUT2D eigenvalue weighted by Crippen LogP contribution is -2.45. The van der Waals surface area contributed by atoms with Gasteiger partial charge in [0.1, 0.15) is 23.4 Å². The summed E-state index contributed by atoms with van der Waals surface area (Å²) >= 11 is 0. The number of rotatable bonds is 4. The summed E-state index contributed by atoms with van der Waals surface area (Å²) in [5, 5.41) is 21.6. The molecule has 0 amide bonds. The molecule has 0 aliphatic heterocycles. The molecule has 64 heavy (non-hydrogen) atoms. The summed E-state index contributed by atoms with van der Waals surface area (Å²) in [6, 6.07) is 18.6. The number of aliphatic hydroxyl groups is 2. The minimum absolute atomic E-state index is 0.0616. The standard InChI is InChI=1S/C56H68O8/c1-54-25-22-40-37-13-7-34(28-31(37)4-10-43(40)46(54)16-19-49(54)57)61-52(59)62-35-8-14-39-33(29-35)6-12-45-42(39)24-27-56(3)48(45)18-21-51(56)64-53(60)63-36-9-15-38-32(30-36)5-11-44-41(38)23-26-55(2)47(44)17-20-50(55)58/h7-9,13-15,28-30,40-51,57-58H,4-6,10-12,16-27H2,1-3H3/t40?,41?,42-,43?,44?,45-,46?,47?,48+,49+,50+,51+,54+,55+,56+/m1/s1. The summed E-state index contributed by atoms with van der Waals surface area (Å²) in [6.45, 7) is 6.98. The van der Waals surface area contributed by atoms with Crippen molar-refractivity contribution in [3.05, 3.63) is 88.0 Å². The van der Waals surface area contributed by atoms with Gasteiger partial charge in [0, 0.05) is 5.41 Å². The zero-order valence-electron chi connectivity index (χ0n) is 38.2. The fraction of sp³-hybridized carbons (Fsp3) is 0.643. The van der Waals surface area contributed by atoms with Gasteiger partial charge in [-0.2, -0.15) is 0 Å². The Kier molecular flexibility index (Phi) is 9.95. The molecule has 9 aliphatic rings. The zero-order valence-corrected chi connectivity index (χ0v) is 38.2. The molecule has 6 saturated carbocycles. The molecule has 12 rings (SSSR count). The molecule has 3 aromatic carbocycles. The van der Waals surface area contributed by atoms with Gasteiger partial charge in [0.15, 0.2) is 0 Å². The molecule has 0 saturated heterocycles. The average molecular weight is 869 g/mol. The van der Waals surface area contributed by atoms with E-state index in [0.717, 1.165) is 116 Å². The number of aliphatic hydroxyl groups excluding tert-OH is 2. The molecular weight excluding hydrogens is 801 g/mol. The molecule has 0 spiro atoms. The lowest BCUT2D eigenvalue weighted by atomic mass is 9.55. The Bertz CT molecular complexity index is 2360. The molecule has 15 atom stereocenters. The smallest absolute Gasteiger partial charge is 0.430 e. The number of benzene rings is 3. The summed E-state index contributed by atoms with van der Waals surface area (Å²) in [5.74, 6) is 6.55. The highest BCUT2D eigenvalue weighted by molar-refractivity contribution is 5.68. The maximum atomic E-state index is 13.5. The first-order chi connectivity index (χ1) is 30.9. The predicted molar refractivity (Wildman–Crippen MR) is 243 cm³/mol. The summed E-state index contributed by atoms with van der Waals surface area (Å²) in [5.41, 5.74) is 8.07. The average Bonchev–Trinajstić information content (AvgIpc) is 3.90. The molecule has 3 aromatic rings. The van der Waals surface area contributed by atoms with Crippen molar-refractivity contribution in [1.82, 2.24) is 0 Å². The van der Waals surface area contributed by atoms with Crippen LogP contribution in [0.1, 0.15) is 168 Å².